The Morgan fingerprint density at radius 2 is 0.887 bits per heavy atom. The highest BCUT2D eigenvalue weighted by Crippen LogP contribution is 2.35. The van der Waals surface area contributed by atoms with Crippen LogP contribution in [0, 0.1) is 0 Å². The van der Waals surface area contributed by atoms with Gasteiger partial charge in [-0.25, -0.2) is 49.8 Å². The Morgan fingerprint density at radius 1 is 0.451 bits per heavy atom. The molecule has 0 atom stereocenters. The fraction of sp³-hybridized carbons (Fsp3) is 0.244. The number of hydrogen-bond donors (Lipinski definition) is 3. The third-order valence-electron chi connectivity index (χ3n) is 9.70. The molecule has 0 aliphatic heterocycles. The number of alkyl halides is 9. The van der Waals surface area contributed by atoms with Crippen molar-refractivity contribution in [2.45, 2.75) is 18.5 Å². The highest BCUT2D eigenvalue weighted by molar-refractivity contribution is 5.86. The maximum atomic E-state index is 13.1. The van der Waals surface area contributed by atoms with Crippen LogP contribution >= 0.6 is 0 Å². The molecule has 0 aliphatic carbocycles. The molecule has 3 N–H and O–H groups in total. The number of ether oxygens (including phenoxy) is 4. The number of nitrogens with one attached hydrogen (secondary N) is 3. The largest absolute Gasteiger partial charge is 0.497 e. The lowest BCUT2D eigenvalue weighted by Gasteiger charge is -2.11. The summed E-state index contributed by atoms with van der Waals surface area (Å²) in [4.78, 5) is 41.5. The first-order chi connectivity index (χ1) is 33.8. The van der Waals surface area contributed by atoms with Crippen molar-refractivity contribution < 1.29 is 58.5 Å². The van der Waals surface area contributed by atoms with Gasteiger partial charge in [-0.05, 0) is 36.4 Å². The van der Waals surface area contributed by atoms with Crippen molar-refractivity contribution >= 4 is 50.9 Å². The Morgan fingerprint density at radius 3 is 1.30 bits per heavy atom. The van der Waals surface area contributed by atoms with E-state index in [-0.39, 0.29) is 68.5 Å². The minimum atomic E-state index is -4.71. The minimum absolute atomic E-state index is 0.0102. The summed E-state index contributed by atoms with van der Waals surface area (Å²) < 4.78 is 142. The van der Waals surface area contributed by atoms with Gasteiger partial charge in [0, 0.05) is 26.8 Å². The van der Waals surface area contributed by atoms with Crippen molar-refractivity contribution in [1.82, 2.24) is 68.5 Å². The van der Waals surface area contributed by atoms with E-state index in [9.17, 15) is 39.5 Å². The molecule has 0 radical (unpaired) electrons. The van der Waals surface area contributed by atoms with Crippen molar-refractivity contribution in [2.75, 3.05) is 65.5 Å². The highest BCUT2D eigenvalue weighted by atomic mass is 19.4. The highest BCUT2D eigenvalue weighted by Gasteiger charge is 2.38. The third kappa shape index (κ3) is 10.3. The molecule has 71 heavy (non-hydrogen) atoms. The summed E-state index contributed by atoms with van der Waals surface area (Å²) >= 11 is 0. The summed E-state index contributed by atoms with van der Waals surface area (Å²) in [7, 11) is 10.1. The molecule has 0 spiro atoms. The van der Waals surface area contributed by atoms with Crippen LogP contribution in [-0.4, -0.2) is 118 Å². The van der Waals surface area contributed by atoms with Crippen molar-refractivity contribution in [1.29, 1.82) is 0 Å². The van der Waals surface area contributed by atoms with Crippen LogP contribution in [0.1, 0.15) is 17.5 Å². The smallest absolute Gasteiger partial charge is 0.451 e. The molecule has 9 rings (SSSR count). The summed E-state index contributed by atoms with van der Waals surface area (Å²) in [5, 5.41) is 7.82. The van der Waals surface area contributed by atoms with Crippen LogP contribution in [-0.2, 0) is 18.5 Å². The summed E-state index contributed by atoms with van der Waals surface area (Å²) in [5.74, 6) is -2.54. The number of imidazole rings is 3. The molecule has 0 saturated heterocycles. The van der Waals surface area contributed by atoms with Gasteiger partial charge in [-0.2, -0.15) is 44.5 Å². The van der Waals surface area contributed by atoms with Gasteiger partial charge < -0.3 is 34.9 Å². The zero-order valence-electron chi connectivity index (χ0n) is 37.7. The number of benzene rings is 2. The lowest BCUT2D eigenvalue weighted by molar-refractivity contribution is -0.145. The van der Waals surface area contributed by atoms with E-state index in [1.165, 1.54) is 88.5 Å². The van der Waals surface area contributed by atoms with Gasteiger partial charge in [-0.15, -0.1) is 0 Å². The van der Waals surface area contributed by atoms with Crippen molar-refractivity contribution in [3.8, 4) is 40.5 Å². The Hall–Kier alpha value is -8.86. The number of para-hydroxylation sites is 2. The van der Waals surface area contributed by atoms with Crippen LogP contribution in [0.3, 0.4) is 0 Å². The number of rotatable bonds is 10. The molecule has 0 fully saturated rings. The van der Waals surface area contributed by atoms with Crippen LogP contribution in [0.2, 0.25) is 0 Å². The lowest BCUT2D eigenvalue weighted by atomic mass is 10.3. The number of aromatic nitrogens is 14. The van der Waals surface area contributed by atoms with Crippen LogP contribution in [0.4, 0.5) is 57.0 Å². The summed E-state index contributed by atoms with van der Waals surface area (Å²) in [6, 6.07) is 13.8. The normalized spacial score (nSPS) is 11.7. The fourth-order valence-corrected chi connectivity index (χ4v) is 6.47. The molecule has 2 aromatic carbocycles. The number of hydrogen-bond acceptors (Lipinski definition) is 18. The number of fused-ring (bicyclic) bond motifs is 3. The number of methoxy groups -OCH3 is 4. The Kier molecular flexibility index (Phi) is 14.1. The van der Waals surface area contributed by atoms with Gasteiger partial charge in [0.2, 0.25) is 23.4 Å². The number of anilines is 3. The molecule has 0 saturated carbocycles. The van der Waals surface area contributed by atoms with Gasteiger partial charge in [0.25, 0.3) is 0 Å². The molecular formula is C41H36F9N17O4. The van der Waals surface area contributed by atoms with Gasteiger partial charge in [-0.3, -0.25) is 13.7 Å². The second-order valence-corrected chi connectivity index (χ2v) is 13.9. The summed E-state index contributed by atoms with van der Waals surface area (Å²) in [6.45, 7) is 0. The van der Waals surface area contributed by atoms with Crippen molar-refractivity contribution in [3.05, 3.63) is 91.2 Å². The topological polar surface area (TPSA) is 230 Å². The second kappa shape index (κ2) is 20.0. The molecule has 0 amide bonds. The van der Waals surface area contributed by atoms with E-state index in [0.717, 1.165) is 0 Å². The molecule has 7 aromatic heterocycles. The third-order valence-corrected chi connectivity index (χ3v) is 9.70. The van der Waals surface area contributed by atoms with Gasteiger partial charge in [-0.1, -0.05) is 12.1 Å². The van der Waals surface area contributed by atoms with Gasteiger partial charge >= 0.3 is 24.5 Å². The summed E-state index contributed by atoms with van der Waals surface area (Å²) in [6.07, 6.45) is -8.60. The second-order valence-electron chi connectivity index (χ2n) is 13.9. The van der Waals surface area contributed by atoms with E-state index in [2.05, 4.69) is 70.8 Å². The van der Waals surface area contributed by atoms with E-state index >= 15 is 0 Å². The van der Waals surface area contributed by atoms with Crippen molar-refractivity contribution in [3.63, 3.8) is 0 Å². The quantitative estimate of drug-likeness (QED) is 0.113. The van der Waals surface area contributed by atoms with E-state index < -0.39 is 36.0 Å². The monoisotopic (exact) mass is 1000 g/mol. The first-order valence-corrected chi connectivity index (χ1v) is 20.0. The molecule has 9 aromatic rings. The lowest BCUT2D eigenvalue weighted by Crippen LogP contribution is -2.13. The van der Waals surface area contributed by atoms with E-state index in [1.54, 1.807) is 48.5 Å². The van der Waals surface area contributed by atoms with E-state index in [1.807, 2.05) is 0 Å². The first-order valence-electron chi connectivity index (χ1n) is 20.0. The summed E-state index contributed by atoms with van der Waals surface area (Å²) in [5.41, 5.74) is 2.10. The standard InChI is InChI=1S/2C14H12F3N5O.C13H12F3N7O2/c1-18-11-10-12(21-13(20-11)14(15,16)17)22(7-19-10)8-3-5-9(23-2)6-4-8;1-18-11-10-12(21-13(20-11)14(15,16)17)22(7-19-10)8-5-3-4-6-9(8)23-2;1-17-8-7-9(21-11(20-8)13(14,15)16)23(5-19-7)6-4-18-12(25-3)22-10(6)24-2/h2*3-7H,1-2H3,(H,18,20,21);4-5H,1-3H3,(H,17,20,21). The Bertz CT molecular complexity index is 3320. The zero-order valence-corrected chi connectivity index (χ0v) is 37.7. The zero-order chi connectivity index (χ0) is 51.4. The van der Waals surface area contributed by atoms with Crippen LogP contribution in [0.5, 0.6) is 23.4 Å². The average molecular weight is 1000 g/mol. The number of halogens is 9. The molecule has 7 heterocycles. The molecule has 0 bridgehead atoms. The van der Waals surface area contributed by atoms with E-state index in [0.29, 0.717) is 22.9 Å². The maximum Gasteiger partial charge on any atom is 0.451 e. The first kappa shape index (κ1) is 50.0. The van der Waals surface area contributed by atoms with Gasteiger partial charge in [0.05, 0.1) is 40.3 Å². The van der Waals surface area contributed by atoms with Crippen LogP contribution in [0.15, 0.2) is 73.7 Å². The predicted octanol–water partition coefficient (Wildman–Crippen LogP) is 7.45. The fourth-order valence-electron chi connectivity index (χ4n) is 6.47. The van der Waals surface area contributed by atoms with Crippen molar-refractivity contribution in [2.24, 2.45) is 0 Å². The van der Waals surface area contributed by atoms with Gasteiger partial charge in [0.1, 0.15) is 36.2 Å². The molecule has 21 nitrogen and oxygen atoms in total. The predicted molar refractivity (Wildman–Crippen MR) is 235 cm³/mol. The number of nitrogens with zero attached hydrogens (tertiary/aromatic N) is 14. The van der Waals surface area contributed by atoms with Crippen LogP contribution in [0.25, 0.3) is 50.6 Å². The Balaban J connectivity index is 0.000000157. The molecule has 0 aliphatic rings. The van der Waals surface area contributed by atoms with E-state index in [4.69, 9.17) is 18.9 Å². The van der Waals surface area contributed by atoms with Gasteiger partial charge in [0.15, 0.2) is 50.9 Å². The van der Waals surface area contributed by atoms with Crippen LogP contribution < -0.4 is 34.9 Å². The molecule has 0 unspecified atom stereocenters. The maximum absolute atomic E-state index is 13.1. The molecule has 372 valence electrons. The minimum Gasteiger partial charge on any atom is -0.497 e. The Labute approximate surface area is 393 Å². The average Bonchev–Trinajstić information content (AvgIpc) is 4.12. The SMILES string of the molecule is CNc1nc(C(F)(F)F)nc2c1ncn2-c1ccc(OC)cc1.CNc1nc(C(F)(F)F)nc2c1ncn2-c1ccccc1OC.CNc1nc(C(F)(F)F)nc2c1ncn2-c1cnc(OC)nc1OC. The molecular weight excluding hydrogens is 966 g/mol. The molecule has 30 heteroatoms.